The maximum Gasteiger partial charge on any atom is 0.179 e. The maximum absolute atomic E-state index is 9.65. The SMILES string of the molecule is OCC1(NCc2cc(Cl)c3c(c2)OCCCO3)CCCC1. The quantitative estimate of drug-likeness (QED) is 0.898. The zero-order valence-corrected chi connectivity index (χ0v) is 12.9. The fraction of sp³-hybridized carbons (Fsp3) is 0.625. The molecule has 0 aromatic heterocycles. The van der Waals surface area contributed by atoms with Crippen molar-refractivity contribution in [3.8, 4) is 11.5 Å². The van der Waals surface area contributed by atoms with Crippen LogP contribution in [-0.2, 0) is 6.54 Å². The number of aliphatic hydroxyl groups excluding tert-OH is 1. The largest absolute Gasteiger partial charge is 0.489 e. The van der Waals surface area contributed by atoms with Crippen molar-refractivity contribution in [2.75, 3.05) is 19.8 Å². The summed E-state index contributed by atoms with van der Waals surface area (Å²) in [4.78, 5) is 0. The van der Waals surface area contributed by atoms with Gasteiger partial charge in [0.05, 0.1) is 24.8 Å². The van der Waals surface area contributed by atoms with Crippen molar-refractivity contribution in [2.45, 2.75) is 44.2 Å². The van der Waals surface area contributed by atoms with E-state index in [4.69, 9.17) is 21.1 Å². The molecule has 1 aromatic carbocycles. The third-order valence-electron chi connectivity index (χ3n) is 4.39. The van der Waals surface area contributed by atoms with Crippen LogP contribution >= 0.6 is 11.6 Å². The van der Waals surface area contributed by atoms with Crippen molar-refractivity contribution in [3.05, 3.63) is 22.7 Å². The minimum Gasteiger partial charge on any atom is -0.489 e. The van der Waals surface area contributed by atoms with Crippen molar-refractivity contribution in [3.63, 3.8) is 0 Å². The van der Waals surface area contributed by atoms with Gasteiger partial charge in [0.25, 0.3) is 0 Å². The fourth-order valence-corrected chi connectivity index (χ4v) is 3.41. The first-order valence-corrected chi connectivity index (χ1v) is 8.04. The summed E-state index contributed by atoms with van der Waals surface area (Å²) in [7, 11) is 0. The zero-order valence-electron chi connectivity index (χ0n) is 12.2. The molecule has 1 saturated carbocycles. The highest BCUT2D eigenvalue weighted by molar-refractivity contribution is 6.32. The van der Waals surface area contributed by atoms with Gasteiger partial charge in [0.15, 0.2) is 11.5 Å². The van der Waals surface area contributed by atoms with Gasteiger partial charge in [0.1, 0.15) is 0 Å². The minimum absolute atomic E-state index is 0.128. The zero-order chi connectivity index (χ0) is 14.7. The predicted molar refractivity (Wildman–Crippen MR) is 82.2 cm³/mol. The molecule has 116 valence electrons. The van der Waals surface area contributed by atoms with Crippen molar-refractivity contribution in [1.82, 2.24) is 5.32 Å². The average Bonchev–Trinajstić information content (AvgIpc) is 2.84. The summed E-state index contributed by atoms with van der Waals surface area (Å²) >= 11 is 6.30. The molecule has 2 N–H and O–H groups in total. The molecule has 3 rings (SSSR count). The van der Waals surface area contributed by atoms with Crippen LogP contribution in [0.1, 0.15) is 37.7 Å². The molecule has 21 heavy (non-hydrogen) atoms. The first-order chi connectivity index (χ1) is 10.2. The standard InChI is InChI=1S/C16H22ClNO3/c17-13-8-12(9-14-15(13)21-7-3-6-20-14)10-18-16(11-19)4-1-2-5-16/h8-9,18-19H,1-7,10-11H2. The molecule has 0 radical (unpaired) electrons. The highest BCUT2D eigenvalue weighted by Gasteiger charge is 2.32. The minimum atomic E-state index is -0.128. The number of ether oxygens (including phenoxy) is 2. The number of benzene rings is 1. The molecule has 0 bridgehead atoms. The summed E-state index contributed by atoms with van der Waals surface area (Å²) in [5, 5.41) is 13.7. The number of nitrogens with one attached hydrogen (secondary N) is 1. The Morgan fingerprint density at radius 3 is 2.67 bits per heavy atom. The van der Waals surface area contributed by atoms with E-state index in [0.29, 0.717) is 30.5 Å². The van der Waals surface area contributed by atoms with Crippen molar-refractivity contribution >= 4 is 11.6 Å². The Morgan fingerprint density at radius 1 is 1.14 bits per heavy atom. The van der Waals surface area contributed by atoms with E-state index in [1.54, 1.807) is 0 Å². The van der Waals surface area contributed by atoms with Crippen LogP contribution in [0.15, 0.2) is 12.1 Å². The third kappa shape index (κ3) is 3.28. The smallest absolute Gasteiger partial charge is 0.179 e. The second-order valence-corrected chi connectivity index (χ2v) is 6.36. The van der Waals surface area contributed by atoms with Gasteiger partial charge >= 0.3 is 0 Å². The van der Waals surface area contributed by atoms with E-state index in [1.807, 2.05) is 12.1 Å². The number of aliphatic hydroxyl groups is 1. The molecule has 1 aromatic rings. The maximum atomic E-state index is 9.65. The highest BCUT2D eigenvalue weighted by atomic mass is 35.5. The Morgan fingerprint density at radius 2 is 1.90 bits per heavy atom. The topological polar surface area (TPSA) is 50.7 Å². The van der Waals surface area contributed by atoms with Gasteiger partial charge in [-0.2, -0.15) is 0 Å². The van der Waals surface area contributed by atoms with Gasteiger partial charge < -0.3 is 19.9 Å². The van der Waals surface area contributed by atoms with Crippen molar-refractivity contribution < 1.29 is 14.6 Å². The Kier molecular flexibility index (Phi) is 4.57. The van der Waals surface area contributed by atoms with Gasteiger partial charge in [-0.1, -0.05) is 24.4 Å². The molecule has 0 atom stereocenters. The molecule has 0 saturated heterocycles. The molecule has 0 unspecified atom stereocenters. The van der Waals surface area contributed by atoms with Gasteiger partial charge in [-0.3, -0.25) is 0 Å². The molecule has 1 aliphatic carbocycles. The lowest BCUT2D eigenvalue weighted by Gasteiger charge is -2.28. The van der Waals surface area contributed by atoms with Gasteiger partial charge in [-0.25, -0.2) is 0 Å². The molecular weight excluding hydrogens is 290 g/mol. The summed E-state index contributed by atoms with van der Waals surface area (Å²) in [6.07, 6.45) is 5.28. The number of halogens is 1. The van der Waals surface area contributed by atoms with E-state index in [2.05, 4.69) is 5.32 Å². The average molecular weight is 312 g/mol. The van der Waals surface area contributed by atoms with Gasteiger partial charge in [0, 0.05) is 18.5 Å². The third-order valence-corrected chi connectivity index (χ3v) is 4.67. The second kappa shape index (κ2) is 6.42. The first kappa shape index (κ1) is 14.9. The van der Waals surface area contributed by atoms with E-state index >= 15 is 0 Å². The molecule has 4 nitrogen and oxygen atoms in total. The monoisotopic (exact) mass is 311 g/mol. The fourth-order valence-electron chi connectivity index (χ4n) is 3.12. The van der Waals surface area contributed by atoms with Crippen LogP contribution in [-0.4, -0.2) is 30.5 Å². The molecular formula is C16H22ClNO3. The van der Waals surface area contributed by atoms with Crippen molar-refractivity contribution in [1.29, 1.82) is 0 Å². The molecule has 0 spiro atoms. The number of rotatable bonds is 4. The molecule has 1 heterocycles. The van der Waals surface area contributed by atoms with Crippen LogP contribution in [0.4, 0.5) is 0 Å². The van der Waals surface area contributed by atoms with E-state index in [-0.39, 0.29) is 12.1 Å². The Bertz CT molecular complexity index is 501. The summed E-state index contributed by atoms with van der Waals surface area (Å²) in [6, 6.07) is 3.90. The van der Waals surface area contributed by atoms with Gasteiger partial charge in [-0.15, -0.1) is 0 Å². The summed E-state index contributed by atoms with van der Waals surface area (Å²) < 4.78 is 11.3. The normalized spacial score (nSPS) is 20.3. The van der Waals surface area contributed by atoms with Crippen LogP contribution in [0, 0.1) is 0 Å². The Hall–Kier alpha value is -0.970. The predicted octanol–water partition coefficient (Wildman–Crippen LogP) is 2.90. The first-order valence-electron chi connectivity index (χ1n) is 7.66. The van der Waals surface area contributed by atoms with Crippen LogP contribution in [0.2, 0.25) is 5.02 Å². The van der Waals surface area contributed by atoms with Crippen LogP contribution in [0.3, 0.4) is 0 Å². The van der Waals surface area contributed by atoms with E-state index in [0.717, 1.165) is 30.6 Å². The summed E-state index contributed by atoms with van der Waals surface area (Å²) in [6.45, 7) is 2.15. The lowest BCUT2D eigenvalue weighted by molar-refractivity contribution is 0.163. The van der Waals surface area contributed by atoms with E-state index in [1.165, 1.54) is 12.8 Å². The molecule has 2 aliphatic rings. The number of hydrogen-bond donors (Lipinski definition) is 2. The molecule has 5 heteroatoms. The van der Waals surface area contributed by atoms with E-state index in [9.17, 15) is 5.11 Å². The molecule has 1 fully saturated rings. The summed E-state index contributed by atoms with van der Waals surface area (Å²) in [5.41, 5.74) is 0.931. The highest BCUT2D eigenvalue weighted by Crippen LogP contribution is 2.38. The van der Waals surface area contributed by atoms with Crippen LogP contribution < -0.4 is 14.8 Å². The Labute approximate surface area is 130 Å². The van der Waals surface area contributed by atoms with Gasteiger partial charge in [-0.05, 0) is 30.5 Å². The van der Waals surface area contributed by atoms with Crippen molar-refractivity contribution in [2.24, 2.45) is 0 Å². The molecule has 1 aliphatic heterocycles. The Balaban J connectivity index is 1.74. The van der Waals surface area contributed by atoms with Crippen LogP contribution in [0.25, 0.3) is 0 Å². The van der Waals surface area contributed by atoms with Crippen LogP contribution in [0.5, 0.6) is 11.5 Å². The number of fused-ring (bicyclic) bond motifs is 1. The lowest BCUT2D eigenvalue weighted by Crippen LogP contribution is -2.45. The second-order valence-electron chi connectivity index (χ2n) is 5.95. The molecule has 0 amide bonds. The number of hydrogen-bond acceptors (Lipinski definition) is 4. The van der Waals surface area contributed by atoms with Gasteiger partial charge in [0.2, 0.25) is 0 Å². The lowest BCUT2D eigenvalue weighted by atomic mass is 9.98. The van der Waals surface area contributed by atoms with E-state index < -0.39 is 0 Å². The summed E-state index contributed by atoms with van der Waals surface area (Å²) in [5.74, 6) is 1.37.